The SMILES string of the molecule is COc1cccc(CC(C)O)c1OC. The highest BCUT2D eigenvalue weighted by atomic mass is 16.5. The molecule has 0 saturated heterocycles. The number of aliphatic hydroxyl groups is 1. The third-order valence-corrected chi connectivity index (χ3v) is 2.00. The normalized spacial score (nSPS) is 12.3. The summed E-state index contributed by atoms with van der Waals surface area (Å²) in [5.41, 5.74) is 0.960. The molecular weight excluding hydrogens is 180 g/mol. The molecule has 0 aromatic heterocycles. The molecule has 0 radical (unpaired) electrons. The fourth-order valence-corrected chi connectivity index (χ4v) is 1.43. The molecule has 14 heavy (non-hydrogen) atoms. The van der Waals surface area contributed by atoms with E-state index in [2.05, 4.69) is 0 Å². The number of benzene rings is 1. The molecule has 0 aliphatic heterocycles. The van der Waals surface area contributed by atoms with Gasteiger partial charge in [-0.2, -0.15) is 0 Å². The minimum absolute atomic E-state index is 0.379. The summed E-state index contributed by atoms with van der Waals surface area (Å²) in [5, 5.41) is 9.29. The van der Waals surface area contributed by atoms with Crippen LogP contribution in [-0.4, -0.2) is 25.4 Å². The topological polar surface area (TPSA) is 38.7 Å². The number of aliphatic hydroxyl groups excluding tert-OH is 1. The molecule has 0 spiro atoms. The Kier molecular flexibility index (Phi) is 3.77. The second kappa shape index (κ2) is 4.86. The van der Waals surface area contributed by atoms with Gasteiger partial charge in [0.15, 0.2) is 11.5 Å². The average molecular weight is 196 g/mol. The van der Waals surface area contributed by atoms with E-state index in [1.165, 1.54) is 0 Å². The van der Waals surface area contributed by atoms with Gasteiger partial charge in [-0.05, 0) is 13.0 Å². The molecule has 1 aromatic carbocycles. The van der Waals surface area contributed by atoms with Gasteiger partial charge in [0.1, 0.15) is 0 Å². The van der Waals surface area contributed by atoms with Crippen LogP contribution in [0.2, 0.25) is 0 Å². The molecule has 1 unspecified atom stereocenters. The van der Waals surface area contributed by atoms with Crippen molar-refractivity contribution in [2.24, 2.45) is 0 Å². The van der Waals surface area contributed by atoms with Crippen molar-refractivity contribution in [3.63, 3.8) is 0 Å². The van der Waals surface area contributed by atoms with Crippen molar-refractivity contribution in [2.45, 2.75) is 19.4 Å². The van der Waals surface area contributed by atoms with Gasteiger partial charge in [-0.15, -0.1) is 0 Å². The highest BCUT2D eigenvalue weighted by Gasteiger charge is 2.10. The van der Waals surface area contributed by atoms with Crippen molar-refractivity contribution in [1.29, 1.82) is 0 Å². The van der Waals surface area contributed by atoms with E-state index in [1.807, 2.05) is 18.2 Å². The number of ether oxygens (including phenoxy) is 2. The Hall–Kier alpha value is -1.22. The minimum Gasteiger partial charge on any atom is -0.493 e. The van der Waals surface area contributed by atoms with Gasteiger partial charge in [0.05, 0.1) is 20.3 Å². The highest BCUT2D eigenvalue weighted by molar-refractivity contribution is 5.46. The Morgan fingerprint density at radius 2 is 2.00 bits per heavy atom. The zero-order valence-electron chi connectivity index (χ0n) is 8.78. The highest BCUT2D eigenvalue weighted by Crippen LogP contribution is 2.31. The lowest BCUT2D eigenvalue weighted by Gasteiger charge is -2.13. The lowest BCUT2D eigenvalue weighted by Crippen LogP contribution is -2.06. The molecule has 3 nitrogen and oxygen atoms in total. The zero-order valence-corrected chi connectivity index (χ0v) is 8.78. The van der Waals surface area contributed by atoms with Crippen LogP contribution in [0.15, 0.2) is 18.2 Å². The standard InChI is InChI=1S/C11H16O3/c1-8(12)7-9-5-4-6-10(13-2)11(9)14-3/h4-6,8,12H,7H2,1-3H3. The third kappa shape index (κ3) is 2.39. The molecule has 1 atom stereocenters. The van der Waals surface area contributed by atoms with Crippen LogP contribution in [0, 0.1) is 0 Å². The zero-order chi connectivity index (χ0) is 10.6. The van der Waals surface area contributed by atoms with Gasteiger partial charge in [-0.1, -0.05) is 12.1 Å². The van der Waals surface area contributed by atoms with E-state index >= 15 is 0 Å². The van der Waals surface area contributed by atoms with Gasteiger partial charge < -0.3 is 14.6 Å². The maximum atomic E-state index is 9.29. The molecule has 3 heteroatoms. The van der Waals surface area contributed by atoms with E-state index in [0.717, 1.165) is 5.56 Å². The van der Waals surface area contributed by atoms with E-state index in [9.17, 15) is 5.11 Å². The summed E-state index contributed by atoms with van der Waals surface area (Å²) in [5.74, 6) is 1.40. The van der Waals surface area contributed by atoms with Crippen LogP contribution in [0.5, 0.6) is 11.5 Å². The molecule has 1 rings (SSSR count). The molecule has 0 bridgehead atoms. The Bertz CT molecular complexity index is 295. The summed E-state index contributed by atoms with van der Waals surface area (Å²) in [4.78, 5) is 0. The fourth-order valence-electron chi connectivity index (χ4n) is 1.43. The van der Waals surface area contributed by atoms with E-state index in [1.54, 1.807) is 21.1 Å². The molecule has 1 aromatic rings. The smallest absolute Gasteiger partial charge is 0.163 e. The Labute approximate surface area is 84.3 Å². The molecule has 1 N–H and O–H groups in total. The van der Waals surface area contributed by atoms with Gasteiger partial charge in [-0.3, -0.25) is 0 Å². The van der Waals surface area contributed by atoms with Crippen LogP contribution in [0.3, 0.4) is 0 Å². The lowest BCUT2D eigenvalue weighted by atomic mass is 10.1. The predicted octanol–water partition coefficient (Wildman–Crippen LogP) is 1.63. The van der Waals surface area contributed by atoms with Crippen molar-refractivity contribution in [1.82, 2.24) is 0 Å². The Morgan fingerprint density at radius 1 is 1.29 bits per heavy atom. The molecule has 0 aliphatic carbocycles. The van der Waals surface area contributed by atoms with E-state index < -0.39 is 0 Å². The Morgan fingerprint density at radius 3 is 2.50 bits per heavy atom. The van der Waals surface area contributed by atoms with E-state index in [0.29, 0.717) is 17.9 Å². The molecule has 78 valence electrons. The fraction of sp³-hybridized carbons (Fsp3) is 0.455. The van der Waals surface area contributed by atoms with E-state index in [4.69, 9.17) is 9.47 Å². The molecule has 0 amide bonds. The van der Waals surface area contributed by atoms with Crippen molar-refractivity contribution in [3.05, 3.63) is 23.8 Å². The van der Waals surface area contributed by atoms with Crippen molar-refractivity contribution in [2.75, 3.05) is 14.2 Å². The monoisotopic (exact) mass is 196 g/mol. The molecule has 0 aliphatic rings. The molecule has 0 heterocycles. The second-order valence-corrected chi connectivity index (χ2v) is 3.21. The Balaban J connectivity index is 3.02. The lowest BCUT2D eigenvalue weighted by molar-refractivity contribution is 0.194. The number of hydrogen-bond donors (Lipinski definition) is 1. The number of para-hydroxylation sites is 1. The van der Waals surface area contributed by atoms with Crippen LogP contribution in [0.1, 0.15) is 12.5 Å². The summed E-state index contributed by atoms with van der Waals surface area (Å²) in [6.45, 7) is 1.75. The van der Waals surface area contributed by atoms with Crippen LogP contribution < -0.4 is 9.47 Å². The second-order valence-electron chi connectivity index (χ2n) is 3.21. The largest absolute Gasteiger partial charge is 0.493 e. The van der Waals surface area contributed by atoms with Crippen LogP contribution in [0.4, 0.5) is 0 Å². The van der Waals surface area contributed by atoms with Crippen LogP contribution in [-0.2, 0) is 6.42 Å². The van der Waals surface area contributed by atoms with Gasteiger partial charge in [0, 0.05) is 12.0 Å². The summed E-state index contributed by atoms with van der Waals surface area (Å²) < 4.78 is 10.4. The first-order valence-electron chi connectivity index (χ1n) is 4.57. The molecule has 0 fully saturated rings. The van der Waals surface area contributed by atoms with E-state index in [-0.39, 0.29) is 6.10 Å². The number of methoxy groups -OCH3 is 2. The van der Waals surface area contributed by atoms with Crippen LogP contribution >= 0.6 is 0 Å². The van der Waals surface area contributed by atoms with Gasteiger partial charge in [0.2, 0.25) is 0 Å². The van der Waals surface area contributed by atoms with Crippen molar-refractivity contribution < 1.29 is 14.6 Å². The third-order valence-electron chi connectivity index (χ3n) is 2.00. The maximum absolute atomic E-state index is 9.29. The summed E-state index contributed by atoms with van der Waals surface area (Å²) in [6.07, 6.45) is 0.191. The first-order valence-corrected chi connectivity index (χ1v) is 4.57. The van der Waals surface area contributed by atoms with Gasteiger partial charge >= 0.3 is 0 Å². The number of rotatable bonds is 4. The number of hydrogen-bond acceptors (Lipinski definition) is 3. The average Bonchev–Trinajstić information content (AvgIpc) is 2.16. The first kappa shape index (κ1) is 10.9. The summed E-state index contributed by atoms with van der Waals surface area (Å²) >= 11 is 0. The summed E-state index contributed by atoms with van der Waals surface area (Å²) in [6, 6.07) is 5.65. The van der Waals surface area contributed by atoms with Crippen molar-refractivity contribution >= 4 is 0 Å². The summed E-state index contributed by atoms with van der Waals surface area (Å²) in [7, 11) is 3.20. The maximum Gasteiger partial charge on any atom is 0.163 e. The predicted molar refractivity (Wildman–Crippen MR) is 54.9 cm³/mol. The van der Waals surface area contributed by atoms with Crippen molar-refractivity contribution in [3.8, 4) is 11.5 Å². The molecule has 0 saturated carbocycles. The first-order chi connectivity index (χ1) is 6.69. The minimum atomic E-state index is -0.379. The molecular formula is C11H16O3. The van der Waals surface area contributed by atoms with Gasteiger partial charge in [0.25, 0.3) is 0 Å². The quantitative estimate of drug-likeness (QED) is 0.795. The van der Waals surface area contributed by atoms with Gasteiger partial charge in [-0.25, -0.2) is 0 Å². The van der Waals surface area contributed by atoms with Crippen LogP contribution in [0.25, 0.3) is 0 Å².